The van der Waals surface area contributed by atoms with E-state index in [0.29, 0.717) is 24.3 Å². The summed E-state index contributed by atoms with van der Waals surface area (Å²) in [6, 6.07) is 7.04. The summed E-state index contributed by atoms with van der Waals surface area (Å²) in [5.41, 5.74) is 2.99. The Morgan fingerprint density at radius 1 is 1.37 bits per heavy atom. The Kier molecular flexibility index (Phi) is 6.14. The molecular formula is C20H24N6O4. The molecule has 2 heterocycles. The van der Waals surface area contributed by atoms with Gasteiger partial charge in [-0.25, -0.2) is 0 Å². The minimum absolute atomic E-state index is 0.153. The molecule has 0 aliphatic heterocycles. The second kappa shape index (κ2) is 8.76. The molecule has 2 aromatic heterocycles. The molecule has 0 radical (unpaired) electrons. The van der Waals surface area contributed by atoms with Gasteiger partial charge in [0.1, 0.15) is 24.2 Å². The van der Waals surface area contributed by atoms with Crippen molar-refractivity contribution in [2.45, 2.75) is 39.8 Å². The van der Waals surface area contributed by atoms with E-state index < -0.39 is 11.0 Å². The van der Waals surface area contributed by atoms with E-state index in [1.807, 2.05) is 49.7 Å². The number of benzene rings is 1. The molecule has 0 bridgehead atoms. The van der Waals surface area contributed by atoms with Gasteiger partial charge in [0.2, 0.25) is 5.91 Å². The molecule has 3 aromatic rings. The molecule has 1 unspecified atom stereocenters. The molecule has 1 amide bonds. The Morgan fingerprint density at radius 3 is 2.77 bits per heavy atom. The number of amides is 1. The summed E-state index contributed by atoms with van der Waals surface area (Å²) in [5, 5.41) is 22.3. The zero-order valence-corrected chi connectivity index (χ0v) is 17.3. The highest BCUT2D eigenvalue weighted by atomic mass is 16.6. The first-order chi connectivity index (χ1) is 14.3. The SMILES string of the molecule is CCC(C(=O)Nc1c(C)nn(Cc2cccc(OC)c2)c1C)n1cc([N+](=O)[O-])cn1. The molecule has 0 aliphatic rings. The first kappa shape index (κ1) is 21.0. The number of nitrogens with one attached hydrogen (secondary N) is 1. The van der Waals surface area contributed by atoms with Crippen LogP contribution in [0, 0.1) is 24.0 Å². The highest BCUT2D eigenvalue weighted by molar-refractivity contribution is 5.94. The summed E-state index contributed by atoms with van der Waals surface area (Å²) >= 11 is 0. The first-order valence-electron chi connectivity index (χ1n) is 9.50. The third-order valence-corrected chi connectivity index (χ3v) is 4.90. The van der Waals surface area contributed by atoms with Crippen molar-refractivity contribution in [2.24, 2.45) is 0 Å². The van der Waals surface area contributed by atoms with Crippen LogP contribution in [0.15, 0.2) is 36.7 Å². The molecule has 10 nitrogen and oxygen atoms in total. The average Bonchev–Trinajstić information content (AvgIpc) is 3.30. The van der Waals surface area contributed by atoms with Crippen LogP contribution in [0.1, 0.15) is 36.3 Å². The van der Waals surface area contributed by atoms with Crippen molar-refractivity contribution in [3.8, 4) is 5.75 Å². The van der Waals surface area contributed by atoms with Crippen molar-refractivity contribution in [3.05, 3.63) is 63.7 Å². The normalized spacial score (nSPS) is 11.9. The average molecular weight is 412 g/mol. The zero-order chi connectivity index (χ0) is 21.8. The number of carbonyl (C=O) groups is 1. The second-order valence-electron chi connectivity index (χ2n) is 6.90. The number of methoxy groups -OCH3 is 1. The van der Waals surface area contributed by atoms with E-state index in [2.05, 4.69) is 15.5 Å². The van der Waals surface area contributed by atoms with Crippen LogP contribution in [0.2, 0.25) is 0 Å². The van der Waals surface area contributed by atoms with Crippen LogP contribution in [0.5, 0.6) is 5.75 Å². The predicted octanol–water partition coefficient (Wildman–Crippen LogP) is 3.25. The number of nitro groups is 1. The lowest BCUT2D eigenvalue weighted by atomic mass is 10.2. The number of nitrogens with zero attached hydrogens (tertiary/aromatic N) is 5. The number of aromatic nitrogens is 4. The van der Waals surface area contributed by atoms with Crippen molar-refractivity contribution in [1.82, 2.24) is 19.6 Å². The molecular weight excluding hydrogens is 388 g/mol. The van der Waals surface area contributed by atoms with Gasteiger partial charge in [0, 0.05) is 0 Å². The Bertz CT molecular complexity index is 1070. The molecule has 1 atom stereocenters. The number of hydrogen-bond acceptors (Lipinski definition) is 6. The lowest BCUT2D eigenvalue weighted by Crippen LogP contribution is -2.26. The monoisotopic (exact) mass is 412 g/mol. The van der Waals surface area contributed by atoms with Crippen LogP contribution < -0.4 is 10.1 Å². The predicted molar refractivity (Wildman–Crippen MR) is 111 cm³/mol. The highest BCUT2D eigenvalue weighted by Crippen LogP contribution is 2.24. The Balaban J connectivity index is 1.80. The summed E-state index contributed by atoms with van der Waals surface area (Å²) in [6.45, 7) is 6.06. The van der Waals surface area contributed by atoms with Crippen LogP contribution in [0.4, 0.5) is 11.4 Å². The van der Waals surface area contributed by atoms with Gasteiger partial charge in [-0.2, -0.15) is 10.2 Å². The smallest absolute Gasteiger partial charge is 0.307 e. The summed E-state index contributed by atoms with van der Waals surface area (Å²) in [5.74, 6) is 0.462. The van der Waals surface area contributed by atoms with Gasteiger partial charge >= 0.3 is 5.69 Å². The summed E-state index contributed by atoms with van der Waals surface area (Å²) < 4.78 is 8.40. The fourth-order valence-electron chi connectivity index (χ4n) is 3.27. The van der Waals surface area contributed by atoms with Gasteiger partial charge in [0.15, 0.2) is 0 Å². The molecule has 0 saturated heterocycles. The van der Waals surface area contributed by atoms with Crippen molar-refractivity contribution >= 4 is 17.3 Å². The van der Waals surface area contributed by atoms with E-state index in [-0.39, 0.29) is 11.6 Å². The second-order valence-corrected chi connectivity index (χ2v) is 6.90. The van der Waals surface area contributed by atoms with Crippen LogP contribution in [0.3, 0.4) is 0 Å². The lowest BCUT2D eigenvalue weighted by Gasteiger charge is -2.15. The van der Waals surface area contributed by atoms with Gasteiger partial charge in [-0.05, 0) is 38.0 Å². The summed E-state index contributed by atoms with van der Waals surface area (Å²) in [7, 11) is 1.62. The maximum Gasteiger partial charge on any atom is 0.307 e. The molecule has 0 aliphatic carbocycles. The minimum atomic E-state index is -0.667. The van der Waals surface area contributed by atoms with Crippen LogP contribution in [-0.4, -0.2) is 37.5 Å². The van der Waals surface area contributed by atoms with Crippen LogP contribution >= 0.6 is 0 Å². The quantitative estimate of drug-likeness (QED) is 0.448. The maximum absolute atomic E-state index is 12.9. The van der Waals surface area contributed by atoms with Crippen LogP contribution in [0.25, 0.3) is 0 Å². The minimum Gasteiger partial charge on any atom is -0.497 e. The standard InChI is InChI=1S/C20H24N6O4/c1-5-18(25-12-16(10-21-25)26(28)29)20(27)22-19-13(2)23-24(14(19)3)11-15-7-6-8-17(9-15)30-4/h6-10,12,18H,5,11H2,1-4H3,(H,22,27). The van der Waals surface area contributed by atoms with Crippen molar-refractivity contribution in [1.29, 1.82) is 0 Å². The molecule has 0 fully saturated rings. The zero-order valence-electron chi connectivity index (χ0n) is 17.3. The number of anilines is 1. The third-order valence-electron chi connectivity index (χ3n) is 4.90. The van der Waals surface area contributed by atoms with Crippen molar-refractivity contribution < 1.29 is 14.5 Å². The number of carbonyl (C=O) groups excluding carboxylic acids is 1. The molecule has 30 heavy (non-hydrogen) atoms. The first-order valence-corrected chi connectivity index (χ1v) is 9.50. The third kappa shape index (κ3) is 4.32. The van der Waals surface area contributed by atoms with Gasteiger partial charge in [-0.1, -0.05) is 19.1 Å². The van der Waals surface area contributed by atoms with E-state index in [1.54, 1.807) is 7.11 Å². The van der Waals surface area contributed by atoms with Crippen molar-refractivity contribution in [2.75, 3.05) is 12.4 Å². The number of hydrogen-bond donors (Lipinski definition) is 1. The molecule has 0 spiro atoms. The number of aryl methyl sites for hydroxylation is 1. The molecule has 3 rings (SSSR count). The Labute approximate surface area is 173 Å². The summed E-state index contributed by atoms with van der Waals surface area (Å²) in [6.07, 6.45) is 2.83. The number of ether oxygens (including phenoxy) is 1. The summed E-state index contributed by atoms with van der Waals surface area (Å²) in [4.78, 5) is 23.2. The van der Waals surface area contributed by atoms with Gasteiger partial charge in [-0.3, -0.25) is 24.3 Å². The van der Waals surface area contributed by atoms with E-state index in [0.717, 1.165) is 23.2 Å². The largest absolute Gasteiger partial charge is 0.497 e. The molecule has 1 aromatic carbocycles. The van der Waals surface area contributed by atoms with Gasteiger partial charge in [-0.15, -0.1) is 0 Å². The fraction of sp³-hybridized carbons (Fsp3) is 0.350. The molecule has 10 heteroatoms. The van der Waals surface area contributed by atoms with E-state index >= 15 is 0 Å². The van der Waals surface area contributed by atoms with Gasteiger partial charge in [0.25, 0.3) is 0 Å². The van der Waals surface area contributed by atoms with Crippen LogP contribution in [-0.2, 0) is 11.3 Å². The van der Waals surface area contributed by atoms with E-state index in [1.165, 1.54) is 10.9 Å². The molecule has 158 valence electrons. The molecule has 1 N–H and O–H groups in total. The van der Waals surface area contributed by atoms with Crippen molar-refractivity contribution in [3.63, 3.8) is 0 Å². The lowest BCUT2D eigenvalue weighted by molar-refractivity contribution is -0.385. The van der Waals surface area contributed by atoms with E-state index in [9.17, 15) is 14.9 Å². The Morgan fingerprint density at radius 2 is 2.13 bits per heavy atom. The molecule has 0 saturated carbocycles. The Hall–Kier alpha value is -3.69. The van der Waals surface area contributed by atoms with Gasteiger partial charge in [0.05, 0.1) is 35.7 Å². The highest BCUT2D eigenvalue weighted by Gasteiger charge is 2.24. The fourth-order valence-corrected chi connectivity index (χ4v) is 3.27. The number of rotatable bonds is 8. The topological polar surface area (TPSA) is 117 Å². The van der Waals surface area contributed by atoms with E-state index in [4.69, 9.17) is 4.74 Å². The van der Waals surface area contributed by atoms with Gasteiger partial charge < -0.3 is 10.1 Å². The maximum atomic E-state index is 12.9.